The predicted molar refractivity (Wildman–Crippen MR) is 92.6 cm³/mol. The summed E-state index contributed by atoms with van der Waals surface area (Å²) in [6, 6.07) is 11.9. The number of hydrogen-bond acceptors (Lipinski definition) is 4. The van der Waals surface area contributed by atoms with Crippen LogP contribution in [0.1, 0.15) is 36.0 Å². The van der Waals surface area contributed by atoms with E-state index in [9.17, 15) is 9.90 Å². The number of amides is 1. The Balaban J connectivity index is 1.64. The van der Waals surface area contributed by atoms with Crippen molar-refractivity contribution in [2.24, 2.45) is 0 Å². The number of furan rings is 1. The lowest BCUT2D eigenvalue weighted by Gasteiger charge is -2.10. The number of aryl methyl sites for hydroxylation is 2. The Bertz CT molecular complexity index is 624. The third-order valence-corrected chi connectivity index (χ3v) is 4.53. The van der Waals surface area contributed by atoms with E-state index in [1.807, 2.05) is 50.2 Å². The summed E-state index contributed by atoms with van der Waals surface area (Å²) in [5, 5.41) is 13.0. The molecule has 2 aromatic rings. The second kappa shape index (κ2) is 8.79. The average Bonchev–Trinajstić information content (AvgIpc) is 2.87. The topological polar surface area (TPSA) is 62.5 Å². The smallest absolute Gasteiger partial charge is 0.220 e. The van der Waals surface area contributed by atoms with Crippen molar-refractivity contribution >= 4 is 17.7 Å². The Kier molecular flexibility index (Phi) is 6.74. The zero-order valence-electron chi connectivity index (χ0n) is 13.5. The van der Waals surface area contributed by atoms with Gasteiger partial charge in [0, 0.05) is 29.2 Å². The van der Waals surface area contributed by atoms with Gasteiger partial charge in [0.05, 0.1) is 6.10 Å². The van der Waals surface area contributed by atoms with E-state index in [0.717, 1.165) is 22.8 Å². The van der Waals surface area contributed by atoms with Crippen molar-refractivity contribution < 1.29 is 14.3 Å². The number of aliphatic hydroxyl groups excluding tert-OH is 1. The van der Waals surface area contributed by atoms with E-state index in [-0.39, 0.29) is 5.91 Å². The number of benzene rings is 1. The molecule has 0 aliphatic rings. The van der Waals surface area contributed by atoms with Gasteiger partial charge in [-0.25, -0.2) is 0 Å². The molecule has 23 heavy (non-hydrogen) atoms. The predicted octanol–water partition coefficient (Wildman–Crippen LogP) is 3.62. The second-order valence-corrected chi connectivity index (χ2v) is 6.60. The molecule has 0 fully saturated rings. The summed E-state index contributed by atoms with van der Waals surface area (Å²) in [5.41, 5.74) is 0.802. The maximum Gasteiger partial charge on any atom is 0.220 e. The molecule has 1 heterocycles. The molecule has 0 saturated carbocycles. The highest BCUT2D eigenvalue weighted by molar-refractivity contribution is 7.99. The van der Waals surface area contributed by atoms with Crippen LogP contribution in [0, 0.1) is 13.8 Å². The van der Waals surface area contributed by atoms with E-state index < -0.39 is 6.10 Å². The average molecular weight is 333 g/mol. The molecule has 0 bridgehead atoms. The molecule has 0 aliphatic heterocycles. The first-order valence-corrected chi connectivity index (χ1v) is 8.74. The van der Waals surface area contributed by atoms with E-state index in [2.05, 4.69) is 5.32 Å². The lowest BCUT2D eigenvalue weighted by Crippen LogP contribution is -2.25. The fourth-order valence-corrected chi connectivity index (χ4v) is 3.22. The number of carbonyl (C=O) groups excluding carboxylic acids is 1. The minimum Gasteiger partial charge on any atom is -0.466 e. The molecule has 124 valence electrons. The minimum absolute atomic E-state index is 0.0146. The summed E-state index contributed by atoms with van der Waals surface area (Å²) in [4.78, 5) is 13.0. The van der Waals surface area contributed by atoms with Crippen LogP contribution in [-0.2, 0) is 4.79 Å². The first-order chi connectivity index (χ1) is 11.1. The Labute approximate surface area is 141 Å². The third kappa shape index (κ3) is 5.77. The van der Waals surface area contributed by atoms with E-state index in [4.69, 9.17) is 4.42 Å². The van der Waals surface area contributed by atoms with Crippen LogP contribution in [0.4, 0.5) is 0 Å². The van der Waals surface area contributed by atoms with Gasteiger partial charge < -0.3 is 14.8 Å². The van der Waals surface area contributed by atoms with Crippen molar-refractivity contribution in [2.75, 3.05) is 12.3 Å². The summed E-state index contributed by atoms with van der Waals surface area (Å²) in [6.07, 6.45) is 0.350. The van der Waals surface area contributed by atoms with Gasteiger partial charge in [-0.1, -0.05) is 18.2 Å². The van der Waals surface area contributed by atoms with E-state index in [1.54, 1.807) is 11.8 Å². The van der Waals surface area contributed by atoms with Gasteiger partial charge in [-0.15, -0.1) is 11.8 Å². The van der Waals surface area contributed by atoms with Gasteiger partial charge in [0.2, 0.25) is 5.91 Å². The summed E-state index contributed by atoms with van der Waals surface area (Å²) < 4.78 is 5.41. The van der Waals surface area contributed by atoms with Gasteiger partial charge in [-0.3, -0.25) is 4.79 Å². The van der Waals surface area contributed by atoms with Gasteiger partial charge in [-0.2, -0.15) is 0 Å². The van der Waals surface area contributed by atoms with Crippen molar-refractivity contribution in [3.05, 3.63) is 53.5 Å². The summed E-state index contributed by atoms with van der Waals surface area (Å²) in [5.74, 6) is 2.29. The number of hydrogen-bond donors (Lipinski definition) is 2. The van der Waals surface area contributed by atoms with Crippen molar-refractivity contribution in [2.45, 2.75) is 37.7 Å². The van der Waals surface area contributed by atoms with Crippen molar-refractivity contribution in [1.29, 1.82) is 0 Å². The van der Waals surface area contributed by atoms with Crippen LogP contribution < -0.4 is 5.32 Å². The van der Waals surface area contributed by atoms with Crippen molar-refractivity contribution in [3.63, 3.8) is 0 Å². The molecule has 2 rings (SSSR count). The maximum atomic E-state index is 11.8. The van der Waals surface area contributed by atoms with E-state index >= 15 is 0 Å². The fraction of sp³-hybridized carbons (Fsp3) is 0.389. The Morgan fingerprint density at radius 1 is 1.30 bits per heavy atom. The molecule has 2 N–H and O–H groups in total. The van der Waals surface area contributed by atoms with Crippen molar-refractivity contribution in [3.8, 4) is 0 Å². The lowest BCUT2D eigenvalue weighted by atomic mass is 10.1. The normalized spacial score (nSPS) is 12.1. The van der Waals surface area contributed by atoms with Gasteiger partial charge in [0.1, 0.15) is 11.5 Å². The van der Waals surface area contributed by atoms with Gasteiger partial charge in [0.25, 0.3) is 0 Å². The van der Waals surface area contributed by atoms with E-state index in [1.165, 1.54) is 4.90 Å². The molecule has 0 saturated heterocycles. The van der Waals surface area contributed by atoms with Crippen LogP contribution in [0.3, 0.4) is 0 Å². The summed E-state index contributed by atoms with van der Waals surface area (Å²) in [7, 11) is 0. The minimum atomic E-state index is -0.605. The third-order valence-electron chi connectivity index (χ3n) is 3.52. The molecule has 0 aliphatic carbocycles. The Morgan fingerprint density at radius 2 is 2.04 bits per heavy atom. The SMILES string of the molecule is Cc1cc(C(O)CCNC(=O)CCSc2ccccc2)c(C)o1. The lowest BCUT2D eigenvalue weighted by molar-refractivity contribution is -0.120. The first-order valence-electron chi connectivity index (χ1n) is 7.76. The fourth-order valence-electron chi connectivity index (χ4n) is 2.35. The van der Waals surface area contributed by atoms with E-state index in [0.29, 0.717) is 19.4 Å². The molecule has 1 amide bonds. The number of aliphatic hydroxyl groups is 1. The van der Waals surface area contributed by atoms with Gasteiger partial charge in [-0.05, 0) is 38.5 Å². The molecule has 1 atom stereocenters. The van der Waals surface area contributed by atoms with Crippen LogP contribution in [0.2, 0.25) is 0 Å². The summed E-state index contributed by atoms with van der Waals surface area (Å²) >= 11 is 1.67. The van der Waals surface area contributed by atoms with Crippen LogP contribution >= 0.6 is 11.8 Å². The molecule has 4 nitrogen and oxygen atoms in total. The van der Waals surface area contributed by atoms with Crippen LogP contribution in [0.15, 0.2) is 45.7 Å². The molecule has 0 spiro atoms. The van der Waals surface area contributed by atoms with Crippen molar-refractivity contribution in [1.82, 2.24) is 5.32 Å². The zero-order valence-corrected chi connectivity index (χ0v) is 14.4. The number of carbonyl (C=O) groups is 1. The molecular weight excluding hydrogens is 310 g/mol. The zero-order chi connectivity index (χ0) is 16.7. The summed E-state index contributed by atoms with van der Waals surface area (Å²) in [6.45, 7) is 4.15. The molecule has 1 aromatic heterocycles. The standard InChI is InChI=1S/C18H23NO3S/c1-13-12-16(14(2)22-13)17(20)8-10-19-18(21)9-11-23-15-6-4-3-5-7-15/h3-7,12,17,20H,8-11H2,1-2H3,(H,19,21). The Morgan fingerprint density at radius 3 is 2.70 bits per heavy atom. The Hall–Kier alpha value is -1.72. The molecule has 1 unspecified atom stereocenters. The molecule has 5 heteroatoms. The maximum absolute atomic E-state index is 11.8. The molecule has 0 radical (unpaired) electrons. The molecule has 1 aromatic carbocycles. The largest absolute Gasteiger partial charge is 0.466 e. The molecular formula is C18H23NO3S. The number of nitrogens with one attached hydrogen (secondary N) is 1. The highest BCUT2D eigenvalue weighted by Gasteiger charge is 2.14. The number of rotatable bonds is 8. The van der Waals surface area contributed by atoms with Gasteiger partial charge in [0.15, 0.2) is 0 Å². The highest BCUT2D eigenvalue weighted by Crippen LogP contribution is 2.23. The van der Waals surface area contributed by atoms with Crippen LogP contribution in [-0.4, -0.2) is 23.3 Å². The second-order valence-electron chi connectivity index (χ2n) is 5.43. The highest BCUT2D eigenvalue weighted by atomic mass is 32.2. The first kappa shape index (κ1) is 17.6. The van der Waals surface area contributed by atoms with Crippen LogP contribution in [0.25, 0.3) is 0 Å². The number of thioether (sulfide) groups is 1. The van der Waals surface area contributed by atoms with Gasteiger partial charge >= 0.3 is 0 Å². The van der Waals surface area contributed by atoms with Crippen LogP contribution in [0.5, 0.6) is 0 Å². The quantitative estimate of drug-likeness (QED) is 0.724. The monoisotopic (exact) mass is 333 g/mol.